The average molecular weight is 435 g/mol. The number of carbonyl (C=O) groups is 1. The fourth-order valence-corrected chi connectivity index (χ4v) is 3.26. The Balaban J connectivity index is 1.69. The summed E-state index contributed by atoms with van der Waals surface area (Å²) in [5.74, 6) is -0.491. The minimum absolute atomic E-state index is 0.198. The first kappa shape index (κ1) is 21.8. The highest BCUT2D eigenvalue weighted by molar-refractivity contribution is 5.76. The van der Waals surface area contributed by atoms with E-state index >= 15 is 0 Å². The van der Waals surface area contributed by atoms with Crippen molar-refractivity contribution in [2.24, 2.45) is 0 Å². The molecule has 0 atom stereocenters. The van der Waals surface area contributed by atoms with Gasteiger partial charge in [-0.15, -0.1) is 0 Å². The van der Waals surface area contributed by atoms with Crippen molar-refractivity contribution in [2.75, 3.05) is 31.1 Å². The van der Waals surface area contributed by atoms with Crippen molar-refractivity contribution in [1.29, 1.82) is 5.26 Å². The van der Waals surface area contributed by atoms with E-state index in [1.165, 1.54) is 11.0 Å². The summed E-state index contributed by atoms with van der Waals surface area (Å²) in [4.78, 5) is 38.1. The highest BCUT2D eigenvalue weighted by Crippen LogP contribution is 2.31. The summed E-state index contributed by atoms with van der Waals surface area (Å²) < 4.78 is 39.6. The van der Waals surface area contributed by atoms with Crippen LogP contribution in [-0.4, -0.2) is 46.5 Å². The first-order valence-electron chi connectivity index (χ1n) is 9.09. The number of anilines is 1. The molecule has 1 saturated heterocycles. The standard InChI is InChI=1S/C19H16F3N5O4/c20-19(21,22)14-2-1-3-15(9-14)24-4-6-25(7-5-24)17(28)12-26-11-16(27(30)31)8-13(10-23)18(26)29/h1-3,8-9,11H,4-7,12H2. The van der Waals surface area contributed by atoms with Crippen molar-refractivity contribution in [3.05, 3.63) is 68.1 Å². The summed E-state index contributed by atoms with van der Waals surface area (Å²) in [5, 5.41) is 20.0. The highest BCUT2D eigenvalue weighted by atomic mass is 19.4. The monoisotopic (exact) mass is 435 g/mol. The van der Waals surface area contributed by atoms with Gasteiger partial charge in [0.15, 0.2) is 0 Å². The summed E-state index contributed by atoms with van der Waals surface area (Å²) in [5.41, 5.74) is -2.13. The molecule has 3 rings (SSSR count). The lowest BCUT2D eigenvalue weighted by molar-refractivity contribution is -0.385. The Kier molecular flexibility index (Phi) is 5.96. The molecule has 0 aliphatic carbocycles. The Hall–Kier alpha value is -3.88. The predicted octanol–water partition coefficient (Wildman–Crippen LogP) is 2.00. The molecule has 1 amide bonds. The Morgan fingerprint density at radius 2 is 1.87 bits per heavy atom. The third kappa shape index (κ3) is 4.82. The van der Waals surface area contributed by atoms with E-state index in [0.717, 1.165) is 29.0 Å². The number of halogens is 3. The van der Waals surface area contributed by atoms with Gasteiger partial charge in [-0.05, 0) is 18.2 Å². The van der Waals surface area contributed by atoms with Crippen LogP contribution in [0.15, 0.2) is 41.3 Å². The normalized spacial score (nSPS) is 14.3. The Morgan fingerprint density at radius 1 is 1.19 bits per heavy atom. The number of nitro groups is 1. The molecule has 9 nitrogen and oxygen atoms in total. The number of piperazine rings is 1. The van der Waals surface area contributed by atoms with E-state index in [1.54, 1.807) is 17.0 Å². The number of benzene rings is 1. The van der Waals surface area contributed by atoms with Gasteiger partial charge in [0.05, 0.1) is 16.7 Å². The van der Waals surface area contributed by atoms with Gasteiger partial charge < -0.3 is 9.80 Å². The second-order valence-corrected chi connectivity index (χ2v) is 6.83. The molecule has 0 saturated carbocycles. The second kappa shape index (κ2) is 8.47. The van der Waals surface area contributed by atoms with Crippen molar-refractivity contribution in [1.82, 2.24) is 9.47 Å². The predicted molar refractivity (Wildman–Crippen MR) is 102 cm³/mol. The van der Waals surface area contributed by atoms with Crippen molar-refractivity contribution >= 4 is 17.3 Å². The molecule has 1 aromatic heterocycles. The third-order valence-electron chi connectivity index (χ3n) is 4.88. The van der Waals surface area contributed by atoms with E-state index in [-0.39, 0.29) is 26.2 Å². The van der Waals surface area contributed by atoms with Crippen LogP contribution >= 0.6 is 0 Å². The van der Waals surface area contributed by atoms with Crippen LogP contribution in [0.4, 0.5) is 24.5 Å². The van der Waals surface area contributed by atoms with Crippen molar-refractivity contribution in [3.63, 3.8) is 0 Å². The van der Waals surface area contributed by atoms with Crippen LogP contribution in [0.5, 0.6) is 0 Å². The molecule has 0 N–H and O–H groups in total. The van der Waals surface area contributed by atoms with Gasteiger partial charge in [-0.25, -0.2) is 0 Å². The maximum atomic E-state index is 12.9. The second-order valence-electron chi connectivity index (χ2n) is 6.83. The van der Waals surface area contributed by atoms with E-state index in [4.69, 9.17) is 5.26 Å². The van der Waals surface area contributed by atoms with Crippen LogP contribution in [0.1, 0.15) is 11.1 Å². The molecule has 2 aromatic rings. The van der Waals surface area contributed by atoms with E-state index in [2.05, 4.69) is 0 Å². The Bertz CT molecular complexity index is 1110. The number of carbonyl (C=O) groups excluding carboxylic acids is 1. The number of nitriles is 1. The molecule has 31 heavy (non-hydrogen) atoms. The van der Waals surface area contributed by atoms with Crippen molar-refractivity contribution < 1.29 is 22.9 Å². The fourth-order valence-electron chi connectivity index (χ4n) is 3.26. The summed E-state index contributed by atoms with van der Waals surface area (Å²) in [7, 11) is 0. The van der Waals surface area contributed by atoms with Gasteiger partial charge in [0.1, 0.15) is 18.2 Å². The van der Waals surface area contributed by atoms with Gasteiger partial charge in [0, 0.05) is 37.9 Å². The molecule has 0 bridgehead atoms. The molecular weight excluding hydrogens is 419 g/mol. The molecule has 0 radical (unpaired) electrons. The minimum Gasteiger partial charge on any atom is -0.368 e. The van der Waals surface area contributed by atoms with E-state index < -0.39 is 45.9 Å². The van der Waals surface area contributed by atoms with E-state index in [0.29, 0.717) is 5.69 Å². The van der Waals surface area contributed by atoms with Crippen molar-refractivity contribution in [2.45, 2.75) is 12.7 Å². The fraction of sp³-hybridized carbons (Fsp3) is 0.316. The number of pyridine rings is 1. The first-order valence-corrected chi connectivity index (χ1v) is 9.09. The molecule has 162 valence electrons. The maximum Gasteiger partial charge on any atom is 0.416 e. The number of amides is 1. The lowest BCUT2D eigenvalue weighted by atomic mass is 10.1. The topological polar surface area (TPSA) is 112 Å². The van der Waals surface area contributed by atoms with Gasteiger partial charge in [0.2, 0.25) is 5.91 Å². The average Bonchev–Trinajstić information content (AvgIpc) is 2.74. The van der Waals surface area contributed by atoms with Gasteiger partial charge in [0.25, 0.3) is 11.2 Å². The van der Waals surface area contributed by atoms with Gasteiger partial charge in [-0.2, -0.15) is 18.4 Å². The molecule has 1 fully saturated rings. The number of hydrogen-bond acceptors (Lipinski definition) is 6. The van der Waals surface area contributed by atoms with Crippen LogP contribution in [0, 0.1) is 21.4 Å². The highest BCUT2D eigenvalue weighted by Gasteiger charge is 2.31. The molecule has 1 aliphatic heterocycles. The van der Waals surface area contributed by atoms with Crippen molar-refractivity contribution in [3.8, 4) is 6.07 Å². The number of alkyl halides is 3. The smallest absolute Gasteiger partial charge is 0.368 e. The van der Waals surface area contributed by atoms with Crippen LogP contribution in [0.3, 0.4) is 0 Å². The van der Waals surface area contributed by atoms with Crippen LogP contribution in [0.2, 0.25) is 0 Å². The van der Waals surface area contributed by atoms with Gasteiger partial charge >= 0.3 is 6.18 Å². The zero-order chi connectivity index (χ0) is 22.8. The quantitative estimate of drug-likeness (QED) is 0.536. The third-order valence-corrected chi connectivity index (χ3v) is 4.88. The first-order chi connectivity index (χ1) is 14.6. The van der Waals surface area contributed by atoms with Gasteiger partial charge in [-0.1, -0.05) is 6.07 Å². The lowest BCUT2D eigenvalue weighted by Gasteiger charge is -2.36. The van der Waals surface area contributed by atoms with E-state index in [1.807, 2.05) is 0 Å². The molecule has 2 heterocycles. The Morgan fingerprint density at radius 3 is 2.45 bits per heavy atom. The summed E-state index contributed by atoms with van der Waals surface area (Å²) in [6.45, 7) is 0.465. The molecule has 12 heteroatoms. The Labute approximate surface area is 173 Å². The molecular formula is C19H16F3N5O4. The zero-order valence-corrected chi connectivity index (χ0v) is 16.0. The van der Waals surface area contributed by atoms with Crippen LogP contribution in [0.25, 0.3) is 0 Å². The molecule has 0 spiro atoms. The van der Waals surface area contributed by atoms with Crippen LogP contribution < -0.4 is 10.5 Å². The summed E-state index contributed by atoms with van der Waals surface area (Å²) in [6, 6.07) is 7.32. The summed E-state index contributed by atoms with van der Waals surface area (Å²) >= 11 is 0. The maximum absolute atomic E-state index is 12.9. The zero-order valence-electron chi connectivity index (χ0n) is 16.0. The summed E-state index contributed by atoms with van der Waals surface area (Å²) in [6.07, 6.45) is -3.55. The van der Waals surface area contributed by atoms with Crippen LogP contribution in [-0.2, 0) is 17.5 Å². The molecule has 0 unspecified atom stereocenters. The molecule has 1 aromatic carbocycles. The van der Waals surface area contributed by atoms with E-state index in [9.17, 15) is 32.9 Å². The largest absolute Gasteiger partial charge is 0.416 e. The number of hydrogen-bond donors (Lipinski definition) is 0. The minimum atomic E-state index is -4.46. The van der Waals surface area contributed by atoms with Gasteiger partial charge in [-0.3, -0.25) is 24.3 Å². The lowest BCUT2D eigenvalue weighted by Crippen LogP contribution is -2.50. The number of nitrogens with zero attached hydrogens (tertiary/aromatic N) is 5. The SMILES string of the molecule is N#Cc1cc([N+](=O)[O-])cn(CC(=O)N2CCN(c3cccc(C(F)(F)F)c3)CC2)c1=O. The number of rotatable bonds is 4. The number of aromatic nitrogens is 1. The molecule has 1 aliphatic rings.